The molecule has 23 heavy (non-hydrogen) atoms. The Morgan fingerprint density at radius 3 is 2.78 bits per heavy atom. The zero-order valence-corrected chi connectivity index (χ0v) is 11.8. The van der Waals surface area contributed by atoms with Crippen LogP contribution >= 0.6 is 0 Å². The Kier molecular flexibility index (Phi) is 5.28. The monoisotopic (exact) mass is 321 g/mol. The summed E-state index contributed by atoms with van der Waals surface area (Å²) in [5, 5.41) is 20.8. The number of nitrogens with one attached hydrogen (secondary N) is 2. The molecular formula is C15H13F2N3O3. The summed E-state index contributed by atoms with van der Waals surface area (Å²) in [6, 6.07) is 7.76. The number of benzene rings is 1. The predicted octanol–water partition coefficient (Wildman–Crippen LogP) is 1.33. The highest BCUT2D eigenvalue weighted by Gasteiger charge is 2.12. The SMILES string of the molecule is N#Cc1ccc(C(=O)NCC(O)COc2ccc(F)c(F)c2)[nH]1. The average molecular weight is 321 g/mol. The van der Waals surface area contributed by atoms with Crippen LogP contribution in [0.25, 0.3) is 0 Å². The Bertz CT molecular complexity index is 740. The topological polar surface area (TPSA) is 98.1 Å². The highest BCUT2D eigenvalue weighted by molar-refractivity contribution is 5.92. The molecule has 1 amide bonds. The van der Waals surface area contributed by atoms with Crippen LogP contribution in [0.1, 0.15) is 16.2 Å². The molecule has 0 radical (unpaired) electrons. The summed E-state index contributed by atoms with van der Waals surface area (Å²) in [6.07, 6.45) is -1.04. The molecule has 0 fully saturated rings. The lowest BCUT2D eigenvalue weighted by Crippen LogP contribution is -2.35. The molecule has 0 saturated heterocycles. The van der Waals surface area contributed by atoms with Crippen LogP contribution in [0.3, 0.4) is 0 Å². The second-order valence-corrected chi connectivity index (χ2v) is 4.65. The van der Waals surface area contributed by atoms with Crippen molar-refractivity contribution in [1.29, 1.82) is 5.26 Å². The van der Waals surface area contributed by atoms with E-state index < -0.39 is 23.6 Å². The van der Waals surface area contributed by atoms with E-state index in [1.165, 1.54) is 18.2 Å². The number of rotatable bonds is 6. The second-order valence-electron chi connectivity index (χ2n) is 4.65. The molecule has 2 aromatic rings. The molecule has 0 aliphatic carbocycles. The fourth-order valence-electron chi connectivity index (χ4n) is 1.72. The highest BCUT2D eigenvalue weighted by atomic mass is 19.2. The van der Waals surface area contributed by atoms with Crippen molar-refractivity contribution in [2.75, 3.05) is 13.2 Å². The van der Waals surface area contributed by atoms with Gasteiger partial charge in [0.2, 0.25) is 0 Å². The van der Waals surface area contributed by atoms with Crippen molar-refractivity contribution < 1.29 is 23.4 Å². The van der Waals surface area contributed by atoms with Crippen molar-refractivity contribution in [3.63, 3.8) is 0 Å². The normalized spacial score (nSPS) is 11.6. The van der Waals surface area contributed by atoms with Gasteiger partial charge < -0.3 is 20.1 Å². The van der Waals surface area contributed by atoms with Crippen LogP contribution in [-0.4, -0.2) is 35.3 Å². The molecule has 1 aromatic heterocycles. The molecule has 8 heteroatoms. The Balaban J connectivity index is 1.78. The van der Waals surface area contributed by atoms with Crippen molar-refractivity contribution in [3.05, 3.63) is 53.4 Å². The number of nitrogens with zero attached hydrogens (tertiary/aromatic N) is 1. The van der Waals surface area contributed by atoms with Gasteiger partial charge in [0, 0.05) is 12.6 Å². The van der Waals surface area contributed by atoms with Crippen LogP contribution in [0.5, 0.6) is 5.75 Å². The molecule has 0 aliphatic rings. The van der Waals surface area contributed by atoms with E-state index in [1.54, 1.807) is 0 Å². The summed E-state index contributed by atoms with van der Waals surface area (Å²) in [5.41, 5.74) is 0.438. The lowest BCUT2D eigenvalue weighted by atomic mass is 10.3. The number of H-pyrrole nitrogens is 1. The zero-order valence-electron chi connectivity index (χ0n) is 11.8. The van der Waals surface area contributed by atoms with Crippen LogP contribution in [-0.2, 0) is 0 Å². The summed E-state index contributed by atoms with van der Waals surface area (Å²) in [7, 11) is 0. The molecule has 1 heterocycles. The third-order valence-electron chi connectivity index (χ3n) is 2.88. The number of aromatic amines is 1. The van der Waals surface area contributed by atoms with E-state index in [1.807, 2.05) is 6.07 Å². The van der Waals surface area contributed by atoms with Crippen molar-refractivity contribution in [2.24, 2.45) is 0 Å². The quantitative estimate of drug-likeness (QED) is 0.747. The van der Waals surface area contributed by atoms with Crippen LogP contribution < -0.4 is 10.1 Å². The molecule has 120 valence electrons. The smallest absolute Gasteiger partial charge is 0.267 e. The maximum atomic E-state index is 13.0. The maximum absolute atomic E-state index is 13.0. The number of aliphatic hydroxyl groups excluding tert-OH is 1. The van der Waals surface area contributed by atoms with Gasteiger partial charge in [0.15, 0.2) is 11.6 Å². The Labute approximate surface area is 130 Å². The van der Waals surface area contributed by atoms with Crippen molar-refractivity contribution in [3.8, 4) is 11.8 Å². The van der Waals surface area contributed by atoms with E-state index in [0.29, 0.717) is 0 Å². The number of aliphatic hydroxyl groups is 1. The average Bonchev–Trinajstić information content (AvgIpc) is 3.03. The zero-order chi connectivity index (χ0) is 16.8. The number of halogens is 2. The van der Waals surface area contributed by atoms with Gasteiger partial charge in [0.25, 0.3) is 5.91 Å². The Morgan fingerprint density at radius 2 is 2.13 bits per heavy atom. The molecule has 0 aliphatic heterocycles. The maximum Gasteiger partial charge on any atom is 0.267 e. The standard InChI is InChI=1S/C15H13F2N3O3/c16-12-3-2-11(5-13(12)17)23-8-10(21)7-19-15(22)14-4-1-9(6-18)20-14/h1-5,10,20-21H,7-8H2,(H,19,22). The van der Waals surface area contributed by atoms with Gasteiger partial charge in [-0.05, 0) is 24.3 Å². The number of carbonyl (C=O) groups excluding carboxylic acids is 1. The third-order valence-corrected chi connectivity index (χ3v) is 2.88. The van der Waals surface area contributed by atoms with E-state index >= 15 is 0 Å². The van der Waals surface area contributed by atoms with E-state index in [4.69, 9.17) is 10.00 Å². The highest BCUT2D eigenvalue weighted by Crippen LogP contribution is 2.15. The van der Waals surface area contributed by atoms with E-state index in [-0.39, 0.29) is 30.3 Å². The molecule has 6 nitrogen and oxygen atoms in total. The van der Waals surface area contributed by atoms with Crippen molar-refractivity contribution in [1.82, 2.24) is 10.3 Å². The van der Waals surface area contributed by atoms with Gasteiger partial charge in [-0.25, -0.2) is 8.78 Å². The molecule has 0 bridgehead atoms. The van der Waals surface area contributed by atoms with Crippen LogP contribution in [0.15, 0.2) is 30.3 Å². The van der Waals surface area contributed by atoms with Crippen molar-refractivity contribution in [2.45, 2.75) is 6.10 Å². The van der Waals surface area contributed by atoms with Gasteiger partial charge in [-0.1, -0.05) is 0 Å². The minimum Gasteiger partial charge on any atom is -0.491 e. The Morgan fingerprint density at radius 1 is 1.35 bits per heavy atom. The van der Waals surface area contributed by atoms with Gasteiger partial charge in [-0.15, -0.1) is 0 Å². The van der Waals surface area contributed by atoms with Crippen LogP contribution in [0.4, 0.5) is 8.78 Å². The summed E-state index contributed by atoms with van der Waals surface area (Å²) >= 11 is 0. The molecule has 2 rings (SSSR count). The molecule has 1 unspecified atom stereocenters. The van der Waals surface area contributed by atoms with Gasteiger partial charge in [0.05, 0.1) is 0 Å². The van der Waals surface area contributed by atoms with E-state index in [0.717, 1.165) is 12.1 Å². The summed E-state index contributed by atoms with van der Waals surface area (Å²) in [5.74, 6) is -2.46. The van der Waals surface area contributed by atoms with Gasteiger partial charge in [0.1, 0.15) is 35.9 Å². The number of hydrogen-bond acceptors (Lipinski definition) is 4. The first kappa shape index (κ1) is 16.5. The van der Waals surface area contributed by atoms with Gasteiger partial charge in [-0.2, -0.15) is 5.26 Å². The number of carbonyl (C=O) groups is 1. The number of nitriles is 1. The molecular weight excluding hydrogens is 308 g/mol. The van der Waals surface area contributed by atoms with Crippen LogP contribution in [0, 0.1) is 23.0 Å². The van der Waals surface area contributed by atoms with E-state index in [2.05, 4.69) is 10.3 Å². The van der Waals surface area contributed by atoms with Gasteiger partial charge in [-0.3, -0.25) is 4.79 Å². The first-order valence-corrected chi connectivity index (χ1v) is 6.63. The fraction of sp³-hybridized carbons (Fsp3) is 0.200. The first-order valence-electron chi connectivity index (χ1n) is 6.63. The van der Waals surface area contributed by atoms with Gasteiger partial charge >= 0.3 is 0 Å². The molecule has 1 aromatic carbocycles. The number of ether oxygens (including phenoxy) is 1. The minimum absolute atomic E-state index is 0.0670. The lowest BCUT2D eigenvalue weighted by molar-refractivity contribution is 0.0839. The lowest BCUT2D eigenvalue weighted by Gasteiger charge is -2.13. The van der Waals surface area contributed by atoms with Crippen LogP contribution in [0.2, 0.25) is 0 Å². The van der Waals surface area contributed by atoms with Crippen molar-refractivity contribution >= 4 is 5.91 Å². The summed E-state index contributed by atoms with van der Waals surface area (Å²) < 4.78 is 30.8. The minimum atomic E-state index is -1.05. The van der Waals surface area contributed by atoms with E-state index in [9.17, 15) is 18.7 Å². The third kappa shape index (κ3) is 4.52. The number of aromatic nitrogens is 1. The second kappa shape index (κ2) is 7.38. The molecule has 0 spiro atoms. The first-order chi connectivity index (χ1) is 11.0. The summed E-state index contributed by atoms with van der Waals surface area (Å²) in [4.78, 5) is 14.3. The molecule has 1 atom stereocenters. The predicted molar refractivity (Wildman–Crippen MR) is 75.7 cm³/mol. The summed E-state index contributed by atoms with van der Waals surface area (Å²) in [6.45, 7) is -0.317. The molecule has 3 N–H and O–H groups in total. The fourth-order valence-corrected chi connectivity index (χ4v) is 1.72. The Hall–Kier alpha value is -2.92. The molecule has 0 saturated carbocycles. The number of amides is 1. The largest absolute Gasteiger partial charge is 0.491 e. The number of hydrogen-bond donors (Lipinski definition) is 3.